The molecular formula is C16H25N3O2. The largest absolute Gasteiger partial charge is 0.449 e. The van der Waals surface area contributed by atoms with Crippen LogP contribution in [0.5, 0.6) is 0 Å². The summed E-state index contributed by atoms with van der Waals surface area (Å²) in [6.45, 7) is 5.75. The highest BCUT2D eigenvalue weighted by Gasteiger charge is 2.26. The van der Waals surface area contributed by atoms with Crippen molar-refractivity contribution in [3.05, 3.63) is 17.8 Å². The van der Waals surface area contributed by atoms with Crippen LogP contribution < -0.4 is 0 Å². The van der Waals surface area contributed by atoms with Crippen molar-refractivity contribution in [2.75, 3.05) is 19.6 Å². The second-order valence-corrected chi connectivity index (χ2v) is 6.25. The lowest BCUT2D eigenvalue weighted by molar-refractivity contribution is -0.127. The van der Waals surface area contributed by atoms with Crippen LogP contribution in [0.2, 0.25) is 0 Å². The van der Waals surface area contributed by atoms with Crippen LogP contribution in [0.15, 0.2) is 10.7 Å². The Balaban J connectivity index is 1.55. The maximum Gasteiger partial charge on any atom is 0.222 e. The normalized spacial score (nSPS) is 24.0. The molecule has 1 atom stereocenters. The van der Waals surface area contributed by atoms with Gasteiger partial charge < -0.3 is 9.32 Å². The van der Waals surface area contributed by atoms with Crippen LogP contribution in [-0.4, -0.2) is 46.4 Å². The van der Waals surface area contributed by atoms with Gasteiger partial charge in [-0.05, 0) is 32.2 Å². The molecule has 2 fully saturated rings. The van der Waals surface area contributed by atoms with Crippen molar-refractivity contribution in [1.29, 1.82) is 0 Å². The Labute approximate surface area is 126 Å². The Morgan fingerprint density at radius 3 is 2.95 bits per heavy atom. The Kier molecular flexibility index (Phi) is 4.58. The maximum absolute atomic E-state index is 11.7. The van der Waals surface area contributed by atoms with Gasteiger partial charge in [0.05, 0.1) is 5.69 Å². The number of nitrogens with zero attached hydrogens (tertiary/aromatic N) is 3. The van der Waals surface area contributed by atoms with Crippen LogP contribution in [0, 0.1) is 6.92 Å². The lowest BCUT2D eigenvalue weighted by atomic mass is 9.99. The standard InChI is InChI=1S/C16H25N3O2/c1-13-17-14(12-21-13)11-19-8-3-2-5-15(19)7-10-18-9-4-6-16(18)20/h12,15H,2-11H2,1H3/t15-/m1/s1. The third-order valence-corrected chi connectivity index (χ3v) is 4.68. The molecule has 1 amide bonds. The zero-order chi connectivity index (χ0) is 14.7. The van der Waals surface area contributed by atoms with Gasteiger partial charge in [0.15, 0.2) is 5.89 Å². The second-order valence-electron chi connectivity index (χ2n) is 6.25. The van der Waals surface area contributed by atoms with Crippen molar-refractivity contribution in [1.82, 2.24) is 14.8 Å². The number of piperidine rings is 1. The van der Waals surface area contributed by atoms with E-state index >= 15 is 0 Å². The van der Waals surface area contributed by atoms with Gasteiger partial charge in [-0.15, -0.1) is 0 Å². The van der Waals surface area contributed by atoms with Crippen molar-refractivity contribution in [3.8, 4) is 0 Å². The van der Waals surface area contributed by atoms with Crippen LogP contribution in [0.3, 0.4) is 0 Å². The van der Waals surface area contributed by atoms with Gasteiger partial charge in [0.25, 0.3) is 0 Å². The van der Waals surface area contributed by atoms with Gasteiger partial charge >= 0.3 is 0 Å². The van der Waals surface area contributed by atoms with Crippen LogP contribution in [0.1, 0.15) is 50.1 Å². The number of rotatable bonds is 5. The summed E-state index contributed by atoms with van der Waals surface area (Å²) in [4.78, 5) is 20.7. The average Bonchev–Trinajstić information content (AvgIpc) is 3.07. The van der Waals surface area contributed by atoms with E-state index in [1.165, 1.54) is 19.3 Å². The van der Waals surface area contributed by atoms with E-state index in [-0.39, 0.29) is 0 Å². The molecule has 0 unspecified atom stereocenters. The smallest absolute Gasteiger partial charge is 0.222 e. The maximum atomic E-state index is 11.7. The molecule has 3 heterocycles. The minimum Gasteiger partial charge on any atom is -0.449 e. The molecule has 0 saturated carbocycles. The number of aromatic nitrogens is 1. The minimum atomic E-state index is 0.337. The Bertz CT molecular complexity index is 486. The number of carbonyl (C=O) groups is 1. The molecule has 3 rings (SSSR count). The minimum absolute atomic E-state index is 0.337. The Morgan fingerprint density at radius 2 is 2.24 bits per heavy atom. The molecule has 5 heteroatoms. The van der Waals surface area contributed by atoms with E-state index in [2.05, 4.69) is 9.88 Å². The lowest BCUT2D eigenvalue weighted by Crippen LogP contribution is -2.41. The molecule has 21 heavy (non-hydrogen) atoms. The molecule has 2 aliphatic rings. The third-order valence-electron chi connectivity index (χ3n) is 4.68. The quantitative estimate of drug-likeness (QED) is 0.835. The lowest BCUT2D eigenvalue weighted by Gasteiger charge is -2.36. The van der Waals surface area contributed by atoms with Crippen molar-refractivity contribution in [2.24, 2.45) is 0 Å². The SMILES string of the molecule is Cc1nc(CN2CCCC[C@@H]2CCN2CCCC2=O)co1. The summed E-state index contributed by atoms with van der Waals surface area (Å²) in [5.74, 6) is 1.07. The first kappa shape index (κ1) is 14.6. The van der Waals surface area contributed by atoms with E-state index in [4.69, 9.17) is 4.42 Å². The zero-order valence-electron chi connectivity index (χ0n) is 12.9. The van der Waals surface area contributed by atoms with Gasteiger partial charge in [0.1, 0.15) is 6.26 Å². The highest BCUT2D eigenvalue weighted by atomic mass is 16.3. The monoisotopic (exact) mass is 291 g/mol. The van der Waals surface area contributed by atoms with Gasteiger partial charge in [-0.1, -0.05) is 6.42 Å². The van der Waals surface area contributed by atoms with Crippen molar-refractivity contribution >= 4 is 5.91 Å². The molecule has 0 N–H and O–H groups in total. The van der Waals surface area contributed by atoms with E-state index in [9.17, 15) is 4.79 Å². The fourth-order valence-electron chi connectivity index (χ4n) is 3.53. The summed E-state index contributed by atoms with van der Waals surface area (Å²) < 4.78 is 5.31. The average molecular weight is 291 g/mol. The summed E-state index contributed by atoms with van der Waals surface area (Å²) in [6.07, 6.45) is 8.42. The van der Waals surface area contributed by atoms with Gasteiger partial charge in [-0.2, -0.15) is 0 Å². The van der Waals surface area contributed by atoms with Crippen LogP contribution in [-0.2, 0) is 11.3 Å². The first-order chi connectivity index (χ1) is 10.2. The van der Waals surface area contributed by atoms with E-state index < -0.39 is 0 Å². The molecule has 0 spiro atoms. The number of likely N-dealkylation sites (tertiary alicyclic amines) is 2. The topological polar surface area (TPSA) is 49.6 Å². The van der Waals surface area contributed by atoms with Gasteiger partial charge in [0.2, 0.25) is 5.91 Å². The number of carbonyl (C=O) groups excluding carboxylic acids is 1. The molecule has 0 bridgehead atoms. The first-order valence-corrected chi connectivity index (χ1v) is 8.15. The first-order valence-electron chi connectivity index (χ1n) is 8.15. The summed E-state index contributed by atoms with van der Waals surface area (Å²) >= 11 is 0. The summed E-state index contributed by atoms with van der Waals surface area (Å²) in [7, 11) is 0. The van der Waals surface area contributed by atoms with Crippen LogP contribution >= 0.6 is 0 Å². The Morgan fingerprint density at radius 1 is 1.33 bits per heavy atom. The molecule has 2 saturated heterocycles. The summed E-state index contributed by atoms with van der Waals surface area (Å²) in [5, 5.41) is 0. The van der Waals surface area contributed by atoms with Gasteiger partial charge in [-0.25, -0.2) is 4.98 Å². The molecule has 2 aliphatic heterocycles. The molecule has 0 aliphatic carbocycles. The molecule has 5 nitrogen and oxygen atoms in total. The highest BCUT2D eigenvalue weighted by Crippen LogP contribution is 2.23. The second kappa shape index (κ2) is 6.60. The molecule has 0 radical (unpaired) electrons. The van der Waals surface area contributed by atoms with Crippen molar-refractivity contribution in [3.63, 3.8) is 0 Å². The van der Waals surface area contributed by atoms with Crippen LogP contribution in [0.4, 0.5) is 0 Å². The van der Waals surface area contributed by atoms with Crippen molar-refractivity contribution in [2.45, 2.75) is 58.0 Å². The predicted molar refractivity (Wildman–Crippen MR) is 79.7 cm³/mol. The van der Waals surface area contributed by atoms with Crippen molar-refractivity contribution < 1.29 is 9.21 Å². The Hall–Kier alpha value is -1.36. The highest BCUT2D eigenvalue weighted by molar-refractivity contribution is 5.77. The summed E-state index contributed by atoms with van der Waals surface area (Å²) in [5.41, 5.74) is 1.02. The number of aryl methyl sites for hydroxylation is 1. The van der Waals surface area contributed by atoms with Gasteiger partial charge in [-0.3, -0.25) is 9.69 Å². The van der Waals surface area contributed by atoms with Crippen LogP contribution in [0.25, 0.3) is 0 Å². The van der Waals surface area contributed by atoms with E-state index in [0.717, 1.165) is 57.0 Å². The summed E-state index contributed by atoms with van der Waals surface area (Å²) in [6, 6.07) is 0.573. The molecule has 1 aromatic rings. The fraction of sp³-hybridized carbons (Fsp3) is 0.750. The molecular weight excluding hydrogens is 266 g/mol. The zero-order valence-corrected chi connectivity index (χ0v) is 12.9. The number of hydrogen-bond acceptors (Lipinski definition) is 4. The number of hydrogen-bond donors (Lipinski definition) is 0. The number of amides is 1. The van der Waals surface area contributed by atoms with E-state index in [1.807, 2.05) is 11.8 Å². The van der Waals surface area contributed by atoms with Gasteiger partial charge in [0, 0.05) is 39.0 Å². The fourth-order valence-corrected chi connectivity index (χ4v) is 3.53. The molecule has 0 aromatic carbocycles. The predicted octanol–water partition coefficient (Wildman–Crippen LogP) is 2.35. The van der Waals surface area contributed by atoms with E-state index in [1.54, 1.807) is 6.26 Å². The molecule has 1 aromatic heterocycles. The number of oxazole rings is 1. The van der Waals surface area contributed by atoms with E-state index in [0.29, 0.717) is 11.9 Å². The molecule has 116 valence electrons. The third kappa shape index (κ3) is 3.64.